The summed E-state index contributed by atoms with van der Waals surface area (Å²) in [7, 11) is -4.50. The van der Waals surface area contributed by atoms with Gasteiger partial charge in [0.15, 0.2) is 0 Å². The van der Waals surface area contributed by atoms with Gasteiger partial charge in [0.2, 0.25) is 0 Å². The van der Waals surface area contributed by atoms with Gasteiger partial charge in [0.1, 0.15) is 0 Å². The molecule has 0 fully saturated rings. The molecule has 0 saturated heterocycles. The van der Waals surface area contributed by atoms with Crippen LogP contribution in [0.3, 0.4) is 0 Å². The van der Waals surface area contributed by atoms with Crippen LogP contribution in [0.5, 0.6) is 0 Å². The summed E-state index contributed by atoms with van der Waals surface area (Å²) in [5.41, 5.74) is -1.15. The van der Waals surface area contributed by atoms with Crippen LogP contribution in [0.2, 0.25) is 0 Å². The van der Waals surface area contributed by atoms with E-state index in [4.69, 9.17) is 9.79 Å². The highest BCUT2D eigenvalue weighted by Gasteiger charge is 2.21. The first-order valence-electron chi connectivity index (χ1n) is 2.21. The summed E-state index contributed by atoms with van der Waals surface area (Å²) < 4.78 is 10.0. The summed E-state index contributed by atoms with van der Waals surface area (Å²) in [5, 5.41) is 0. The molecule has 0 spiro atoms. The quantitative estimate of drug-likeness (QED) is 0.437. The molecule has 0 aromatic rings. The van der Waals surface area contributed by atoms with Crippen LogP contribution < -0.4 is 0 Å². The monoisotopic (exact) mass is 150 g/mol. The van der Waals surface area contributed by atoms with Gasteiger partial charge < -0.3 is 9.79 Å². The SMILES string of the molecule is CC=CC(=O)P(=O)(O)O. The highest BCUT2D eigenvalue weighted by atomic mass is 31.2. The Balaban J connectivity index is 4.24. The van der Waals surface area contributed by atoms with Crippen LogP contribution in [0.1, 0.15) is 6.92 Å². The van der Waals surface area contributed by atoms with Gasteiger partial charge in [0.05, 0.1) is 0 Å². The van der Waals surface area contributed by atoms with Gasteiger partial charge >= 0.3 is 7.60 Å². The number of carbonyl (C=O) groups is 1. The minimum atomic E-state index is -4.50. The van der Waals surface area contributed by atoms with Crippen LogP contribution in [0.4, 0.5) is 0 Å². The fraction of sp³-hybridized carbons (Fsp3) is 0.250. The summed E-state index contributed by atoms with van der Waals surface area (Å²) in [5.74, 6) is 0. The van der Waals surface area contributed by atoms with Crippen LogP contribution in [-0.2, 0) is 9.36 Å². The van der Waals surface area contributed by atoms with Crippen molar-refractivity contribution >= 4 is 13.1 Å². The Morgan fingerprint density at radius 2 is 2.00 bits per heavy atom. The van der Waals surface area contributed by atoms with Crippen LogP contribution in [0, 0.1) is 0 Å². The molecule has 0 rings (SSSR count). The molecule has 0 radical (unpaired) electrons. The van der Waals surface area contributed by atoms with Crippen LogP contribution >= 0.6 is 7.60 Å². The van der Waals surface area contributed by atoms with Crippen LogP contribution in [0.25, 0.3) is 0 Å². The lowest BCUT2D eigenvalue weighted by atomic mass is 10.6. The van der Waals surface area contributed by atoms with Crippen molar-refractivity contribution in [3.63, 3.8) is 0 Å². The predicted octanol–water partition coefficient (Wildman–Crippen LogP) is 0.267. The predicted molar refractivity (Wildman–Crippen MR) is 31.9 cm³/mol. The van der Waals surface area contributed by atoms with E-state index in [1.54, 1.807) is 0 Å². The molecule has 0 atom stereocenters. The van der Waals surface area contributed by atoms with E-state index in [1.807, 2.05) is 0 Å². The molecule has 0 bridgehead atoms. The Bertz CT molecular complexity index is 177. The van der Waals surface area contributed by atoms with E-state index in [0.717, 1.165) is 6.08 Å². The number of allylic oxidation sites excluding steroid dienone is 2. The van der Waals surface area contributed by atoms with E-state index in [9.17, 15) is 9.36 Å². The van der Waals surface area contributed by atoms with Crippen molar-refractivity contribution in [2.75, 3.05) is 0 Å². The molecule has 0 unspecified atom stereocenters. The lowest BCUT2D eigenvalue weighted by Crippen LogP contribution is -1.92. The standard InChI is InChI=1S/C4H7O4P/c1-2-3-4(5)9(6,7)8/h2-3H,1H3,(H2,6,7,8). The van der Waals surface area contributed by atoms with Gasteiger partial charge in [0.25, 0.3) is 5.52 Å². The smallest absolute Gasteiger partial charge is 0.319 e. The van der Waals surface area contributed by atoms with Gasteiger partial charge in [0, 0.05) is 0 Å². The average Bonchev–Trinajstić information content (AvgIpc) is 1.64. The van der Waals surface area contributed by atoms with Crippen molar-refractivity contribution in [3.8, 4) is 0 Å². The van der Waals surface area contributed by atoms with Crippen molar-refractivity contribution in [2.45, 2.75) is 6.92 Å². The molecule has 0 aliphatic rings. The molecule has 0 saturated carbocycles. The second-order valence-electron chi connectivity index (χ2n) is 1.38. The summed E-state index contributed by atoms with van der Waals surface area (Å²) >= 11 is 0. The zero-order valence-electron chi connectivity index (χ0n) is 4.81. The highest BCUT2D eigenvalue weighted by Crippen LogP contribution is 2.35. The summed E-state index contributed by atoms with van der Waals surface area (Å²) in [6.07, 6.45) is 2.13. The van der Waals surface area contributed by atoms with Gasteiger partial charge in [-0.1, -0.05) is 6.08 Å². The Morgan fingerprint density at radius 1 is 1.56 bits per heavy atom. The molecule has 9 heavy (non-hydrogen) atoms. The molecular weight excluding hydrogens is 143 g/mol. The molecule has 0 aromatic carbocycles. The molecule has 0 aliphatic heterocycles. The summed E-state index contributed by atoms with van der Waals surface area (Å²) in [6, 6.07) is 0. The lowest BCUT2D eigenvalue weighted by Gasteiger charge is -1.93. The average molecular weight is 150 g/mol. The van der Waals surface area contributed by atoms with E-state index in [2.05, 4.69) is 0 Å². The molecule has 2 N–H and O–H groups in total. The fourth-order valence-corrected chi connectivity index (χ4v) is 0.583. The first-order valence-corrected chi connectivity index (χ1v) is 3.82. The molecule has 0 aromatic heterocycles. The summed E-state index contributed by atoms with van der Waals surface area (Å²) in [4.78, 5) is 26.5. The van der Waals surface area contributed by atoms with Gasteiger partial charge in [-0.25, -0.2) is 0 Å². The second-order valence-corrected chi connectivity index (χ2v) is 2.91. The third-order valence-electron chi connectivity index (χ3n) is 0.596. The molecule has 4 nitrogen and oxygen atoms in total. The first-order chi connectivity index (χ1) is 3.98. The summed E-state index contributed by atoms with van der Waals surface area (Å²) in [6.45, 7) is 1.51. The maximum atomic E-state index is 10.2. The topological polar surface area (TPSA) is 74.6 Å². The molecule has 5 heteroatoms. The molecule has 0 aliphatic carbocycles. The maximum Gasteiger partial charge on any atom is 0.395 e. The molecule has 52 valence electrons. The van der Waals surface area contributed by atoms with Crippen molar-refractivity contribution in [1.29, 1.82) is 0 Å². The van der Waals surface area contributed by atoms with Crippen LogP contribution in [0.15, 0.2) is 12.2 Å². The lowest BCUT2D eigenvalue weighted by molar-refractivity contribution is -0.109. The van der Waals surface area contributed by atoms with Gasteiger partial charge in [-0.2, -0.15) is 0 Å². The van der Waals surface area contributed by atoms with E-state index in [1.165, 1.54) is 13.0 Å². The minimum Gasteiger partial charge on any atom is -0.319 e. The van der Waals surface area contributed by atoms with Crippen molar-refractivity contribution < 1.29 is 19.1 Å². The third kappa shape index (κ3) is 3.19. The van der Waals surface area contributed by atoms with Gasteiger partial charge in [-0.3, -0.25) is 9.36 Å². The maximum absolute atomic E-state index is 10.2. The molecule has 0 heterocycles. The van der Waals surface area contributed by atoms with E-state index < -0.39 is 13.1 Å². The number of rotatable bonds is 2. The molecular formula is C4H7O4P. The Kier molecular flexibility index (Phi) is 2.77. The Labute approximate surface area is 52.4 Å². The minimum absolute atomic E-state index is 0.848. The zero-order chi connectivity index (χ0) is 7.49. The fourth-order valence-electron chi connectivity index (χ4n) is 0.240. The van der Waals surface area contributed by atoms with Gasteiger partial charge in [-0.05, 0) is 13.0 Å². The highest BCUT2D eigenvalue weighted by molar-refractivity contribution is 7.70. The largest absolute Gasteiger partial charge is 0.395 e. The van der Waals surface area contributed by atoms with Gasteiger partial charge in [-0.15, -0.1) is 0 Å². The first kappa shape index (κ1) is 8.56. The van der Waals surface area contributed by atoms with Crippen LogP contribution in [-0.4, -0.2) is 15.3 Å². The van der Waals surface area contributed by atoms with E-state index >= 15 is 0 Å². The zero-order valence-corrected chi connectivity index (χ0v) is 5.71. The number of hydrogen-bond acceptors (Lipinski definition) is 2. The number of carbonyl (C=O) groups excluding carboxylic acids is 1. The number of hydrogen-bond donors (Lipinski definition) is 2. The third-order valence-corrected chi connectivity index (χ3v) is 1.32. The van der Waals surface area contributed by atoms with Crippen molar-refractivity contribution in [1.82, 2.24) is 0 Å². The Hall–Kier alpha value is -0.440. The van der Waals surface area contributed by atoms with E-state index in [0.29, 0.717) is 0 Å². The second kappa shape index (κ2) is 2.92. The normalized spacial score (nSPS) is 12.3. The van der Waals surface area contributed by atoms with Crippen molar-refractivity contribution in [2.24, 2.45) is 0 Å². The Morgan fingerprint density at radius 3 is 2.11 bits per heavy atom. The van der Waals surface area contributed by atoms with Crippen molar-refractivity contribution in [3.05, 3.63) is 12.2 Å². The molecule has 0 amide bonds. The van der Waals surface area contributed by atoms with E-state index in [-0.39, 0.29) is 0 Å².